The molecule has 1 atom stereocenters. The molecule has 0 aromatic heterocycles. The molecule has 0 saturated carbocycles. The third kappa shape index (κ3) is 5.12. The summed E-state index contributed by atoms with van der Waals surface area (Å²) in [4.78, 5) is 0. The van der Waals surface area contributed by atoms with Gasteiger partial charge in [-0.25, -0.2) is 0 Å². The number of hydrogen-bond donors (Lipinski definition) is 2. The number of nitrogens with one attached hydrogen (secondary N) is 2. The first-order valence-corrected chi connectivity index (χ1v) is 6.21. The molecule has 16 heavy (non-hydrogen) atoms. The van der Waals surface area contributed by atoms with E-state index in [1.54, 1.807) is 0 Å². The summed E-state index contributed by atoms with van der Waals surface area (Å²) in [7, 11) is 0. The van der Waals surface area contributed by atoms with Gasteiger partial charge in [0.25, 0.3) is 0 Å². The van der Waals surface area contributed by atoms with Crippen molar-refractivity contribution >= 4 is 17.3 Å². The van der Waals surface area contributed by atoms with E-state index in [1.165, 1.54) is 12.0 Å². The molecule has 0 spiro atoms. The fourth-order valence-corrected chi connectivity index (χ4v) is 1.83. The first-order chi connectivity index (χ1) is 7.72. The summed E-state index contributed by atoms with van der Waals surface area (Å²) in [6.45, 7) is 5.12. The molecule has 1 aromatic carbocycles. The molecule has 0 amide bonds. The molecular weight excluding hydrogens is 216 g/mol. The van der Waals surface area contributed by atoms with Crippen LogP contribution in [0.15, 0.2) is 30.3 Å². The molecule has 0 saturated heterocycles. The molecule has 2 N–H and O–H groups in total. The first-order valence-electron chi connectivity index (χ1n) is 5.80. The Morgan fingerprint density at radius 3 is 2.62 bits per heavy atom. The van der Waals surface area contributed by atoms with E-state index in [2.05, 4.69) is 36.6 Å². The Morgan fingerprint density at radius 2 is 2.00 bits per heavy atom. The molecule has 3 heteroatoms. The van der Waals surface area contributed by atoms with Gasteiger partial charge >= 0.3 is 0 Å². The molecule has 0 bridgehead atoms. The number of thiocarbonyl (C=S) groups is 1. The van der Waals surface area contributed by atoms with Crippen LogP contribution in [0.1, 0.15) is 32.3 Å². The molecule has 1 unspecified atom stereocenters. The number of hydrogen-bond acceptors (Lipinski definition) is 1. The molecule has 0 aliphatic carbocycles. The summed E-state index contributed by atoms with van der Waals surface area (Å²) in [5, 5.41) is 7.22. The minimum Gasteiger partial charge on any atom is -0.360 e. The van der Waals surface area contributed by atoms with Crippen molar-refractivity contribution < 1.29 is 0 Å². The molecule has 2 nitrogen and oxygen atoms in total. The van der Waals surface area contributed by atoms with Gasteiger partial charge in [-0.3, -0.25) is 0 Å². The largest absolute Gasteiger partial charge is 0.360 e. The fraction of sp³-hybridized carbons (Fsp3) is 0.462. The molecule has 0 aliphatic heterocycles. The maximum absolute atomic E-state index is 5.22. The van der Waals surface area contributed by atoms with E-state index >= 15 is 0 Å². The van der Waals surface area contributed by atoms with Crippen LogP contribution in [0.5, 0.6) is 0 Å². The van der Waals surface area contributed by atoms with E-state index < -0.39 is 0 Å². The van der Waals surface area contributed by atoms with Gasteiger partial charge in [-0.05, 0) is 31.1 Å². The standard InChI is InChI=1S/C13H20N2S/c1-3-7-11(2)15-13(16)14-10-12-8-5-4-6-9-12/h4-6,8-9,11H,3,7,10H2,1-2H3,(H2,14,15,16). The normalized spacial score (nSPS) is 11.9. The SMILES string of the molecule is CCCC(C)NC(=S)NCc1ccccc1. The zero-order chi connectivity index (χ0) is 11.8. The van der Waals surface area contributed by atoms with Gasteiger partial charge in [0.2, 0.25) is 0 Å². The van der Waals surface area contributed by atoms with Crippen molar-refractivity contribution in [2.45, 2.75) is 39.3 Å². The van der Waals surface area contributed by atoms with Gasteiger partial charge in [-0.2, -0.15) is 0 Å². The number of rotatable bonds is 5. The smallest absolute Gasteiger partial charge is 0.166 e. The second-order valence-corrected chi connectivity index (χ2v) is 4.41. The van der Waals surface area contributed by atoms with E-state index in [0.717, 1.165) is 18.1 Å². The maximum atomic E-state index is 5.22. The monoisotopic (exact) mass is 236 g/mol. The lowest BCUT2D eigenvalue weighted by Gasteiger charge is -2.16. The summed E-state index contributed by atoms with van der Waals surface area (Å²) >= 11 is 5.22. The second-order valence-electron chi connectivity index (χ2n) is 4.00. The van der Waals surface area contributed by atoms with Crippen molar-refractivity contribution in [3.8, 4) is 0 Å². The summed E-state index contributed by atoms with van der Waals surface area (Å²) in [5.74, 6) is 0. The summed E-state index contributed by atoms with van der Waals surface area (Å²) < 4.78 is 0. The van der Waals surface area contributed by atoms with Crippen molar-refractivity contribution in [3.63, 3.8) is 0 Å². The van der Waals surface area contributed by atoms with Gasteiger partial charge in [0, 0.05) is 12.6 Å². The van der Waals surface area contributed by atoms with E-state index in [9.17, 15) is 0 Å². The van der Waals surface area contributed by atoms with E-state index in [1.807, 2.05) is 18.2 Å². The number of benzene rings is 1. The summed E-state index contributed by atoms with van der Waals surface area (Å²) in [6, 6.07) is 10.7. The first kappa shape index (κ1) is 13.0. The van der Waals surface area contributed by atoms with Crippen LogP contribution in [0.3, 0.4) is 0 Å². The lowest BCUT2D eigenvalue weighted by atomic mass is 10.2. The molecule has 0 aliphatic rings. The van der Waals surface area contributed by atoms with Crippen LogP contribution in [0.25, 0.3) is 0 Å². The van der Waals surface area contributed by atoms with Crippen LogP contribution in [-0.2, 0) is 6.54 Å². The van der Waals surface area contributed by atoms with Crippen molar-refractivity contribution in [2.24, 2.45) is 0 Å². The van der Waals surface area contributed by atoms with Crippen molar-refractivity contribution in [1.29, 1.82) is 0 Å². The third-order valence-corrected chi connectivity index (χ3v) is 2.66. The average Bonchev–Trinajstić information content (AvgIpc) is 2.28. The Hall–Kier alpha value is -1.09. The highest BCUT2D eigenvalue weighted by atomic mass is 32.1. The molecule has 0 heterocycles. The highest BCUT2D eigenvalue weighted by Gasteiger charge is 2.01. The van der Waals surface area contributed by atoms with Crippen molar-refractivity contribution in [1.82, 2.24) is 10.6 Å². The van der Waals surface area contributed by atoms with Gasteiger partial charge < -0.3 is 10.6 Å². The van der Waals surface area contributed by atoms with Crippen LogP contribution in [-0.4, -0.2) is 11.2 Å². The Labute approximate surface area is 103 Å². The van der Waals surface area contributed by atoms with E-state index in [0.29, 0.717) is 6.04 Å². The van der Waals surface area contributed by atoms with Gasteiger partial charge in [-0.15, -0.1) is 0 Å². The van der Waals surface area contributed by atoms with Crippen molar-refractivity contribution in [3.05, 3.63) is 35.9 Å². The average molecular weight is 236 g/mol. The van der Waals surface area contributed by atoms with E-state index in [-0.39, 0.29) is 0 Å². The van der Waals surface area contributed by atoms with Gasteiger partial charge in [0.15, 0.2) is 5.11 Å². The summed E-state index contributed by atoms with van der Waals surface area (Å²) in [6.07, 6.45) is 2.32. The van der Waals surface area contributed by atoms with Gasteiger partial charge in [0.1, 0.15) is 0 Å². The fourth-order valence-electron chi connectivity index (χ4n) is 1.56. The lowest BCUT2D eigenvalue weighted by Crippen LogP contribution is -2.40. The predicted octanol–water partition coefficient (Wildman–Crippen LogP) is 2.84. The van der Waals surface area contributed by atoms with Crippen LogP contribution in [0.4, 0.5) is 0 Å². The van der Waals surface area contributed by atoms with Crippen molar-refractivity contribution in [2.75, 3.05) is 0 Å². The van der Waals surface area contributed by atoms with Crippen LogP contribution >= 0.6 is 12.2 Å². The molecule has 0 radical (unpaired) electrons. The van der Waals surface area contributed by atoms with E-state index in [4.69, 9.17) is 12.2 Å². The minimum atomic E-state index is 0.445. The topological polar surface area (TPSA) is 24.1 Å². The Balaban J connectivity index is 2.25. The molecule has 0 fully saturated rings. The third-order valence-electron chi connectivity index (χ3n) is 2.40. The van der Waals surface area contributed by atoms with Crippen LogP contribution in [0, 0.1) is 0 Å². The molecule has 88 valence electrons. The maximum Gasteiger partial charge on any atom is 0.166 e. The molecular formula is C13H20N2S. The molecule has 1 aromatic rings. The molecule has 1 rings (SSSR count). The highest BCUT2D eigenvalue weighted by Crippen LogP contribution is 1.98. The zero-order valence-electron chi connectivity index (χ0n) is 9.99. The summed E-state index contributed by atoms with van der Waals surface area (Å²) in [5.41, 5.74) is 1.25. The second kappa shape index (κ2) is 7.23. The zero-order valence-corrected chi connectivity index (χ0v) is 10.8. The predicted molar refractivity (Wildman–Crippen MR) is 73.4 cm³/mol. The highest BCUT2D eigenvalue weighted by molar-refractivity contribution is 7.80. The minimum absolute atomic E-state index is 0.445. The Bertz CT molecular complexity index is 311. The van der Waals surface area contributed by atoms with Crippen LogP contribution < -0.4 is 10.6 Å². The Morgan fingerprint density at radius 1 is 1.31 bits per heavy atom. The van der Waals surface area contributed by atoms with Gasteiger partial charge in [-0.1, -0.05) is 43.7 Å². The quantitative estimate of drug-likeness (QED) is 0.769. The lowest BCUT2D eigenvalue weighted by molar-refractivity contribution is 0.590. The Kier molecular flexibility index (Phi) is 5.86. The van der Waals surface area contributed by atoms with Crippen LogP contribution in [0.2, 0.25) is 0 Å². The van der Waals surface area contributed by atoms with Gasteiger partial charge in [0.05, 0.1) is 0 Å².